The minimum atomic E-state index is -0.128. The summed E-state index contributed by atoms with van der Waals surface area (Å²) in [6.45, 7) is 7.31. The van der Waals surface area contributed by atoms with E-state index in [2.05, 4.69) is 36.1 Å². The fourth-order valence-corrected chi connectivity index (χ4v) is 0.920. The van der Waals surface area contributed by atoms with Crippen molar-refractivity contribution in [3.8, 4) is 0 Å². The first-order chi connectivity index (χ1) is 6.53. The number of aromatic amines is 1. The Morgan fingerprint density at radius 1 is 1.57 bits per heavy atom. The van der Waals surface area contributed by atoms with Crippen LogP contribution in [-0.2, 0) is 0 Å². The van der Waals surface area contributed by atoms with E-state index >= 15 is 0 Å². The number of aromatic nitrogens is 2. The van der Waals surface area contributed by atoms with Gasteiger partial charge in [0, 0.05) is 12.6 Å². The topological polar surface area (TPSA) is 57.8 Å². The van der Waals surface area contributed by atoms with Crippen molar-refractivity contribution in [3.05, 3.63) is 22.7 Å². The maximum Gasteiger partial charge on any atom is 0.252 e. The zero-order valence-corrected chi connectivity index (χ0v) is 8.92. The van der Waals surface area contributed by atoms with Crippen LogP contribution in [0, 0.1) is 5.41 Å². The number of rotatable bonds is 4. The lowest BCUT2D eigenvalue weighted by Gasteiger charge is -2.22. The smallest absolute Gasteiger partial charge is 0.252 e. The Labute approximate surface area is 83.8 Å². The molecule has 78 valence electrons. The molecule has 0 radical (unpaired) electrons. The summed E-state index contributed by atoms with van der Waals surface area (Å²) in [6, 6.07) is 1.46. The SMILES string of the molecule is CCC(C)(C)CNc1cc(=O)[nH]cn1. The van der Waals surface area contributed by atoms with Gasteiger partial charge in [-0.25, -0.2) is 4.98 Å². The third kappa shape index (κ3) is 3.20. The maximum atomic E-state index is 10.9. The molecule has 0 aliphatic rings. The van der Waals surface area contributed by atoms with Gasteiger partial charge in [-0.1, -0.05) is 20.8 Å². The van der Waals surface area contributed by atoms with Crippen LogP contribution < -0.4 is 10.9 Å². The molecule has 0 atom stereocenters. The molecule has 0 aliphatic heterocycles. The second kappa shape index (κ2) is 4.26. The Morgan fingerprint density at radius 2 is 2.29 bits per heavy atom. The summed E-state index contributed by atoms with van der Waals surface area (Å²) in [7, 11) is 0. The standard InChI is InChI=1S/C10H17N3O/c1-4-10(2,3)6-11-8-5-9(14)13-7-12-8/h5,7H,4,6H2,1-3H3,(H2,11,12,13,14). The molecule has 0 saturated carbocycles. The van der Waals surface area contributed by atoms with Crippen LogP contribution in [-0.4, -0.2) is 16.5 Å². The average molecular weight is 195 g/mol. The first-order valence-electron chi connectivity index (χ1n) is 4.82. The molecule has 1 aromatic rings. The molecule has 0 fully saturated rings. The van der Waals surface area contributed by atoms with Crippen molar-refractivity contribution in [1.82, 2.24) is 9.97 Å². The van der Waals surface area contributed by atoms with E-state index in [1.165, 1.54) is 12.4 Å². The van der Waals surface area contributed by atoms with Gasteiger partial charge in [-0.15, -0.1) is 0 Å². The van der Waals surface area contributed by atoms with E-state index in [1.54, 1.807) is 0 Å². The molecule has 0 bridgehead atoms. The van der Waals surface area contributed by atoms with Crippen molar-refractivity contribution in [2.45, 2.75) is 27.2 Å². The fraction of sp³-hybridized carbons (Fsp3) is 0.600. The Bertz CT molecular complexity index is 343. The van der Waals surface area contributed by atoms with Crippen LogP contribution in [0.4, 0.5) is 5.82 Å². The molecule has 14 heavy (non-hydrogen) atoms. The zero-order chi connectivity index (χ0) is 10.6. The summed E-state index contributed by atoms with van der Waals surface area (Å²) in [5.74, 6) is 0.635. The molecule has 0 spiro atoms. The van der Waals surface area contributed by atoms with Gasteiger partial charge in [0.1, 0.15) is 5.82 Å². The van der Waals surface area contributed by atoms with E-state index in [4.69, 9.17) is 0 Å². The Hall–Kier alpha value is -1.32. The van der Waals surface area contributed by atoms with Crippen LogP contribution in [0.1, 0.15) is 27.2 Å². The van der Waals surface area contributed by atoms with Gasteiger partial charge in [-0.05, 0) is 11.8 Å². The van der Waals surface area contributed by atoms with E-state index in [-0.39, 0.29) is 11.0 Å². The van der Waals surface area contributed by atoms with Crippen LogP contribution in [0.3, 0.4) is 0 Å². The van der Waals surface area contributed by atoms with Gasteiger partial charge in [0.25, 0.3) is 5.56 Å². The largest absolute Gasteiger partial charge is 0.369 e. The van der Waals surface area contributed by atoms with Crippen molar-refractivity contribution in [2.24, 2.45) is 5.41 Å². The maximum absolute atomic E-state index is 10.9. The second-order valence-corrected chi connectivity index (χ2v) is 4.17. The number of hydrogen-bond donors (Lipinski definition) is 2. The number of hydrogen-bond acceptors (Lipinski definition) is 3. The molecular formula is C10H17N3O. The normalized spacial score (nSPS) is 11.4. The predicted molar refractivity (Wildman–Crippen MR) is 57.4 cm³/mol. The lowest BCUT2D eigenvalue weighted by molar-refractivity contribution is 0.376. The molecule has 0 saturated heterocycles. The average Bonchev–Trinajstić information content (AvgIpc) is 2.15. The summed E-state index contributed by atoms with van der Waals surface area (Å²) in [5, 5.41) is 3.15. The number of nitrogens with one attached hydrogen (secondary N) is 2. The molecule has 1 heterocycles. The molecule has 2 N–H and O–H groups in total. The van der Waals surface area contributed by atoms with Gasteiger partial charge < -0.3 is 10.3 Å². The summed E-state index contributed by atoms with van der Waals surface area (Å²) < 4.78 is 0. The Morgan fingerprint density at radius 3 is 2.86 bits per heavy atom. The number of H-pyrrole nitrogens is 1. The van der Waals surface area contributed by atoms with E-state index in [1.807, 2.05) is 0 Å². The van der Waals surface area contributed by atoms with Crippen molar-refractivity contribution < 1.29 is 0 Å². The van der Waals surface area contributed by atoms with Crippen LogP contribution in [0.2, 0.25) is 0 Å². The molecule has 0 aromatic carbocycles. The summed E-state index contributed by atoms with van der Waals surface area (Å²) >= 11 is 0. The van der Waals surface area contributed by atoms with Crippen LogP contribution in [0.25, 0.3) is 0 Å². The number of nitrogens with zero attached hydrogens (tertiary/aromatic N) is 1. The van der Waals surface area contributed by atoms with Crippen molar-refractivity contribution in [2.75, 3.05) is 11.9 Å². The van der Waals surface area contributed by atoms with Gasteiger partial charge in [0.05, 0.1) is 6.33 Å². The fourth-order valence-electron chi connectivity index (χ4n) is 0.920. The first kappa shape index (κ1) is 10.8. The Kier molecular flexibility index (Phi) is 3.28. The second-order valence-electron chi connectivity index (χ2n) is 4.17. The molecule has 0 amide bonds. The minimum Gasteiger partial charge on any atom is -0.369 e. The molecule has 1 rings (SSSR count). The van der Waals surface area contributed by atoms with Crippen molar-refractivity contribution >= 4 is 5.82 Å². The quantitative estimate of drug-likeness (QED) is 0.767. The van der Waals surface area contributed by atoms with E-state index in [9.17, 15) is 4.79 Å². The van der Waals surface area contributed by atoms with Crippen LogP contribution in [0.15, 0.2) is 17.2 Å². The van der Waals surface area contributed by atoms with Gasteiger partial charge in [0.15, 0.2) is 0 Å². The summed E-state index contributed by atoms with van der Waals surface area (Å²) in [4.78, 5) is 17.4. The molecular weight excluding hydrogens is 178 g/mol. The highest BCUT2D eigenvalue weighted by Crippen LogP contribution is 2.19. The predicted octanol–water partition coefficient (Wildman–Crippen LogP) is 1.62. The summed E-state index contributed by atoms with van der Waals surface area (Å²) in [6.07, 6.45) is 2.49. The van der Waals surface area contributed by atoms with Gasteiger partial charge >= 0.3 is 0 Å². The molecule has 0 unspecified atom stereocenters. The van der Waals surface area contributed by atoms with Gasteiger partial charge in [0.2, 0.25) is 0 Å². The highest BCUT2D eigenvalue weighted by molar-refractivity contribution is 5.31. The molecule has 0 aliphatic carbocycles. The Balaban J connectivity index is 2.58. The third-order valence-electron chi connectivity index (χ3n) is 2.38. The molecule has 4 nitrogen and oxygen atoms in total. The van der Waals surface area contributed by atoms with Crippen molar-refractivity contribution in [3.63, 3.8) is 0 Å². The molecule has 4 heteroatoms. The highest BCUT2D eigenvalue weighted by atomic mass is 16.1. The van der Waals surface area contributed by atoms with Gasteiger partial charge in [-0.3, -0.25) is 4.79 Å². The monoisotopic (exact) mass is 195 g/mol. The summed E-state index contributed by atoms with van der Waals surface area (Å²) in [5.41, 5.74) is 0.0985. The third-order valence-corrected chi connectivity index (χ3v) is 2.38. The number of anilines is 1. The first-order valence-corrected chi connectivity index (χ1v) is 4.82. The van der Waals surface area contributed by atoms with E-state index in [0.717, 1.165) is 13.0 Å². The van der Waals surface area contributed by atoms with E-state index in [0.29, 0.717) is 5.82 Å². The van der Waals surface area contributed by atoms with Crippen molar-refractivity contribution in [1.29, 1.82) is 0 Å². The lowest BCUT2D eigenvalue weighted by Crippen LogP contribution is -2.23. The van der Waals surface area contributed by atoms with Crippen LogP contribution >= 0.6 is 0 Å². The van der Waals surface area contributed by atoms with E-state index < -0.39 is 0 Å². The lowest BCUT2D eigenvalue weighted by atomic mass is 9.90. The minimum absolute atomic E-state index is 0.128. The molecule has 1 aromatic heterocycles. The van der Waals surface area contributed by atoms with Crippen LogP contribution in [0.5, 0.6) is 0 Å². The zero-order valence-electron chi connectivity index (χ0n) is 8.92. The highest BCUT2D eigenvalue weighted by Gasteiger charge is 2.14. The van der Waals surface area contributed by atoms with Gasteiger partial charge in [-0.2, -0.15) is 0 Å².